The maximum Gasteiger partial charge on any atom is 0.0939 e. The van der Waals surface area contributed by atoms with Crippen LogP contribution >= 0.6 is 0 Å². The summed E-state index contributed by atoms with van der Waals surface area (Å²) in [6.45, 7) is 4.21. The third kappa shape index (κ3) is 3.00. The second-order valence-electron chi connectivity index (χ2n) is 5.88. The lowest BCUT2D eigenvalue weighted by Crippen LogP contribution is -2.61. The topological polar surface area (TPSA) is 33.0 Å². The number of hydrogen-bond donors (Lipinski definition) is 0. The van der Waals surface area contributed by atoms with Crippen molar-refractivity contribution < 1.29 is 9.22 Å². The average molecular weight is 237 g/mol. The fourth-order valence-electron chi connectivity index (χ4n) is 3.78. The second kappa shape index (κ2) is 5.84. The zero-order valence-corrected chi connectivity index (χ0v) is 11.0. The van der Waals surface area contributed by atoms with E-state index in [0.717, 1.165) is 18.6 Å². The normalized spacial score (nSPS) is 37.2. The summed E-state index contributed by atoms with van der Waals surface area (Å²) in [6.07, 6.45) is 7.37. The van der Waals surface area contributed by atoms with Gasteiger partial charge in [-0.15, -0.1) is 0 Å². The number of quaternary nitrogens is 1. The molecule has 17 heavy (non-hydrogen) atoms. The van der Waals surface area contributed by atoms with Crippen molar-refractivity contribution in [3.05, 3.63) is 0 Å². The molecule has 2 saturated heterocycles. The summed E-state index contributed by atoms with van der Waals surface area (Å²) in [5, 5.41) is 8.50. The van der Waals surface area contributed by atoms with Gasteiger partial charge in [-0.25, -0.2) is 0 Å². The zero-order valence-electron chi connectivity index (χ0n) is 11.0. The molecular weight excluding hydrogens is 212 g/mol. The van der Waals surface area contributed by atoms with Crippen LogP contribution in [-0.2, 0) is 4.74 Å². The Hall–Kier alpha value is -0.590. The molecule has 0 aromatic heterocycles. The number of fused-ring (bicyclic) bond motifs is 1. The number of hydrogen-bond acceptors (Lipinski definition) is 2. The van der Waals surface area contributed by atoms with Gasteiger partial charge in [0.1, 0.15) is 0 Å². The summed E-state index contributed by atoms with van der Waals surface area (Å²) >= 11 is 0. The Kier molecular flexibility index (Phi) is 4.42. The SMILES string of the molecule is C[N+]12CCCC[C@H]1[C@@H](COCCC#N)CCC2. The monoisotopic (exact) mass is 237 g/mol. The highest BCUT2D eigenvalue weighted by Crippen LogP contribution is 2.35. The highest BCUT2D eigenvalue weighted by Gasteiger charge is 2.43. The van der Waals surface area contributed by atoms with E-state index in [9.17, 15) is 0 Å². The van der Waals surface area contributed by atoms with Gasteiger partial charge in [-0.1, -0.05) is 0 Å². The summed E-state index contributed by atoms with van der Waals surface area (Å²) in [6, 6.07) is 2.96. The first-order valence-corrected chi connectivity index (χ1v) is 7.05. The first kappa shape index (κ1) is 12.9. The summed E-state index contributed by atoms with van der Waals surface area (Å²) in [5.41, 5.74) is 0. The standard InChI is InChI=1S/C14H25N2O/c1-16-9-3-2-7-14(16)13(6-4-10-16)12-17-11-5-8-15/h13-14H,2-7,9-12H2,1H3/q+1/t13-,14+,16?/m1/s1. The van der Waals surface area contributed by atoms with Gasteiger partial charge in [0.2, 0.25) is 0 Å². The van der Waals surface area contributed by atoms with Crippen molar-refractivity contribution in [1.29, 1.82) is 5.26 Å². The van der Waals surface area contributed by atoms with E-state index in [1.807, 2.05) is 0 Å². The number of nitriles is 1. The smallest absolute Gasteiger partial charge is 0.0939 e. The molecule has 2 rings (SSSR count). The van der Waals surface area contributed by atoms with Crippen LogP contribution < -0.4 is 0 Å². The minimum atomic E-state index is 0.531. The quantitative estimate of drug-likeness (QED) is 0.555. The Morgan fingerprint density at radius 1 is 1.24 bits per heavy atom. The van der Waals surface area contributed by atoms with Gasteiger partial charge in [0.15, 0.2) is 0 Å². The van der Waals surface area contributed by atoms with E-state index in [1.165, 1.54) is 49.7 Å². The lowest BCUT2D eigenvalue weighted by Gasteiger charge is -2.51. The van der Waals surface area contributed by atoms with Crippen molar-refractivity contribution in [2.24, 2.45) is 5.92 Å². The molecule has 0 aromatic carbocycles. The van der Waals surface area contributed by atoms with Crippen molar-refractivity contribution in [2.75, 3.05) is 33.4 Å². The molecule has 3 atom stereocenters. The highest BCUT2D eigenvalue weighted by molar-refractivity contribution is 4.79. The number of nitrogens with zero attached hydrogens (tertiary/aromatic N) is 2. The van der Waals surface area contributed by atoms with Gasteiger partial charge in [0.05, 0.1) is 51.9 Å². The molecule has 3 nitrogen and oxygen atoms in total. The van der Waals surface area contributed by atoms with Crippen LogP contribution in [0.25, 0.3) is 0 Å². The van der Waals surface area contributed by atoms with Crippen molar-refractivity contribution in [3.63, 3.8) is 0 Å². The van der Waals surface area contributed by atoms with E-state index < -0.39 is 0 Å². The maximum absolute atomic E-state index is 8.50. The van der Waals surface area contributed by atoms with Gasteiger partial charge in [-0.05, 0) is 25.7 Å². The van der Waals surface area contributed by atoms with Crippen LogP contribution in [0, 0.1) is 17.2 Å². The van der Waals surface area contributed by atoms with Crippen molar-refractivity contribution in [1.82, 2.24) is 0 Å². The number of ether oxygens (including phenoxy) is 1. The van der Waals surface area contributed by atoms with Crippen molar-refractivity contribution in [3.8, 4) is 6.07 Å². The van der Waals surface area contributed by atoms with E-state index in [1.54, 1.807) is 0 Å². The third-order valence-corrected chi connectivity index (χ3v) is 4.70. The number of piperidine rings is 2. The minimum absolute atomic E-state index is 0.531. The Morgan fingerprint density at radius 3 is 2.88 bits per heavy atom. The predicted octanol–water partition coefficient (Wildman–Crippen LogP) is 2.33. The van der Waals surface area contributed by atoms with Gasteiger partial charge in [0.25, 0.3) is 0 Å². The molecule has 0 N–H and O–H groups in total. The summed E-state index contributed by atoms with van der Waals surface area (Å²) in [5.74, 6) is 0.729. The first-order valence-electron chi connectivity index (χ1n) is 7.05. The minimum Gasteiger partial charge on any atom is -0.380 e. The Labute approximate surface area is 105 Å². The van der Waals surface area contributed by atoms with E-state index in [-0.39, 0.29) is 0 Å². The molecule has 0 bridgehead atoms. The van der Waals surface area contributed by atoms with Crippen LogP contribution in [0.4, 0.5) is 0 Å². The molecule has 0 amide bonds. The average Bonchev–Trinajstić information content (AvgIpc) is 2.34. The molecule has 1 unspecified atom stereocenters. The lowest BCUT2D eigenvalue weighted by atomic mass is 9.82. The number of rotatable bonds is 4. The van der Waals surface area contributed by atoms with E-state index in [2.05, 4.69) is 13.1 Å². The Balaban J connectivity index is 1.86. The van der Waals surface area contributed by atoms with Crippen LogP contribution in [0.1, 0.15) is 38.5 Å². The molecule has 0 saturated carbocycles. The molecule has 0 radical (unpaired) electrons. The molecular formula is C14H25N2O+. The van der Waals surface area contributed by atoms with Crippen LogP contribution in [0.2, 0.25) is 0 Å². The predicted molar refractivity (Wildman–Crippen MR) is 67.3 cm³/mol. The molecule has 0 spiro atoms. The zero-order chi connectivity index (χ0) is 12.1. The molecule has 3 heteroatoms. The maximum atomic E-state index is 8.50. The van der Waals surface area contributed by atoms with Crippen LogP contribution in [-0.4, -0.2) is 43.9 Å². The molecule has 2 aliphatic heterocycles. The first-order chi connectivity index (χ1) is 8.26. The molecule has 2 fully saturated rings. The van der Waals surface area contributed by atoms with Gasteiger partial charge >= 0.3 is 0 Å². The fraction of sp³-hybridized carbons (Fsp3) is 0.929. The Morgan fingerprint density at radius 2 is 2.06 bits per heavy atom. The second-order valence-corrected chi connectivity index (χ2v) is 5.88. The van der Waals surface area contributed by atoms with Gasteiger partial charge in [0, 0.05) is 12.3 Å². The molecule has 2 heterocycles. The molecule has 2 aliphatic rings. The summed E-state index contributed by atoms with van der Waals surface area (Å²) in [4.78, 5) is 0. The van der Waals surface area contributed by atoms with Gasteiger partial charge in [-0.3, -0.25) is 0 Å². The molecule has 0 aromatic rings. The molecule has 96 valence electrons. The summed E-state index contributed by atoms with van der Waals surface area (Å²) in [7, 11) is 2.44. The highest BCUT2D eigenvalue weighted by atomic mass is 16.5. The van der Waals surface area contributed by atoms with E-state index >= 15 is 0 Å². The summed E-state index contributed by atoms with van der Waals surface area (Å²) < 4.78 is 6.96. The van der Waals surface area contributed by atoms with Crippen molar-refractivity contribution in [2.45, 2.75) is 44.6 Å². The van der Waals surface area contributed by atoms with Crippen molar-refractivity contribution >= 4 is 0 Å². The van der Waals surface area contributed by atoms with Crippen LogP contribution in [0.5, 0.6) is 0 Å². The Bertz CT molecular complexity index is 282. The van der Waals surface area contributed by atoms with E-state index in [4.69, 9.17) is 10.00 Å². The van der Waals surface area contributed by atoms with E-state index in [0.29, 0.717) is 13.0 Å². The lowest BCUT2D eigenvalue weighted by molar-refractivity contribution is -0.947. The fourth-order valence-corrected chi connectivity index (χ4v) is 3.78. The third-order valence-electron chi connectivity index (χ3n) is 4.70. The van der Waals surface area contributed by atoms with Gasteiger partial charge in [-0.2, -0.15) is 5.26 Å². The molecule has 0 aliphatic carbocycles. The largest absolute Gasteiger partial charge is 0.380 e. The van der Waals surface area contributed by atoms with Crippen LogP contribution in [0.3, 0.4) is 0 Å². The van der Waals surface area contributed by atoms with Gasteiger partial charge < -0.3 is 9.22 Å². The van der Waals surface area contributed by atoms with Crippen LogP contribution in [0.15, 0.2) is 0 Å².